The smallest absolute Gasteiger partial charge is 0.222 e. The number of amides is 1. The van der Waals surface area contributed by atoms with Crippen LogP contribution >= 0.6 is 0 Å². The zero-order chi connectivity index (χ0) is 13.9. The van der Waals surface area contributed by atoms with Crippen LogP contribution in [0.1, 0.15) is 31.2 Å². The summed E-state index contributed by atoms with van der Waals surface area (Å²) in [4.78, 5) is 17.2. The average molecular weight is 270 g/mol. The van der Waals surface area contributed by atoms with Crippen LogP contribution in [0.4, 0.5) is 0 Å². The van der Waals surface area contributed by atoms with Crippen LogP contribution in [0.15, 0.2) is 30.5 Å². The Morgan fingerprint density at radius 3 is 2.95 bits per heavy atom. The maximum absolute atomic E-state index is 12.0. The van der Waals surface area contributed by atoms with Crippen LogP contribution in [-0.4, -0.2) is 29.4 Å². The van der Waals surface area contributed by atoms with E-state index >= 15 is 0 Å². The van der Waals surface area contributed by atoms with Crippen molar-refractivity contribution in [3.8, 4) is 0 Å². The number of aromatic nitrogens is 1. The van der Waals surface area contributed by atoms with E-state index in [4.69, 9.17) is 0 Å². The Labute approximate surface area is 120 Å². The first-order valence-electron chi connectivity index (χ1n) is 7.53. The molecule has 106 valence electrons. The Balaban J connectivity index is 1.50. The van der Waals surface area contributed by atoms with E-state index in [9.17, 15) is 4.79 Å². The number of hydrogen-bond donors (Lipinski definition) is 1. The second-order valence-electron chi connectivity index (χ2n) is 5.93. The first-order chi connectivity index (χ1) is 9.74. The van der Waals surface area contributed by atoms with Gasteiger partial charge in [-0.3, -0.25) is 4.79 Å². The number of nitrogens with zero attached hydrogens (tertiary/aromatic N) is 1. The molecule has 3 heteroatoms. The zero-order valence-corrected chi connectivity index (χ0v) is 12.1. The van der Waals surface area contributed by atoms with Gasteiger partial charge < -0.3 is 9.88 Å². The van der Waals surface area contributed by atoms with E-state index in [0.717, 1.165) is 25.3 Å². The minimum atomic E-state index is 0.289. The van der Waals surface area contributed by atoms with Crippen LogP contribution in [-0.2, 0) is 11.2 Å². The molecule has 1 aromatic heterocycles. The zero-order valence-electron chi connectivity index (χ0n) is 12.1. The Bertz CT molecular complexity index is 598. The van der Waals surface area contributed by atoms with Gasteiger partial charge in [-0.1, -0.05) is 18.2 Å². The van der Waals surface area contributed by atoms with Crippen molar-refractivity contribution in [3.63, 3.8) is 0 Å². The first kappa shape index (κ1) is 13.2. The minimum absolute atomic E-state index is 0.289. The SMILES string of the molecule is CN(CC1CC1)C(=O)CCCc1c[nH]c2ccccc12. The molecule has 0 bridgehead atoms. The minimum Gasteiger partial charge on any atom is -0.361 e. The number of H-pyrrole nitrogens is 1. The number of aryl methyl sites for hydroxylation is 1. The Morgan fingerprint density at radius 1 is 1.35 bits per heavy atom. The summed E-state index contributed by atoms with van der Waals surface area (Å²) < 4.78 is 0. The van der Waals surface area contributed by atoms with Crippen LogP contribution in [0.2, 0.25) is 0 Å². The predicted octanol–water partition coefficient (Wildman–Crippen LogP) is 3.36. The fourth-order valence-corrected chi connectivity index (χ4v) is 2.75. The van der Waals surface area contributed by atoms with Gasteiger partial charge in [0.05, 0.1) is 0 Å². The highest BCUT2D eigenvalue weighted by Gasteiger charge is 2.24. The molecule has 0 atom stereocenters. The Kier molecular flexibility index (Phi) is 3.77. The highest BCUT2D eigenvalue weighted by atomic mass is 16.2. The normalized spacial score (nSPS) is 14.7. The highest BCUT2D eigenvalue weighted by Crippen LogP contribution is 2.29. The summed E-state index contributed by atoms with van der Waals surface area (Å²) in [6, 6.07) is 8.34. The number of para-hydroxylation sites is 1. The number of benzene rings is 1. The molecule has 20 heavy (non-hydrogen) atoms. The molecule has 1 amide bonds. The molecule has 1 fully saturated rings. The van der Waals surface area contributed by atoms with E-state index in [0.29, 0.717) is 6.42 Å². The lowest BCUT2D eigenvalue weighted by molar-refractivity contribution is -0.130. The largest absolute Gasteiger partial charge is 0.361 e. The summed E-state index contributed by atoms with van der Waals surface area (Å²) in [5.74, 6) is 1.06. The van der Waals surface area contributed by atoms with Crippen LogP contribution in [0.25, 0.3) is 10.9 Å². The number of aromatic amines is 1. The number of nitrogens with one attached hydrogen (secondary N) is 1. The van der Waals surface area contributed by atoms with Crippen molar-refractivity contribution in [2.75, 3.05) is 13.6 Å². The molecule has 1 N–H and O–H groups in total. The highest BCUT2D eigenvalue weighted by molar-refractivity contribution is 5.83. The summed E-state index contributed by atoms with van der Waals surface area (Å²) in [5.41, 5.74) is 2.50. The monoisotopic (exact) mass is 270 g/mol. The van der Waals surface area contributed by atoms with Gasteiger partial charge in [-0.15, -0.1) is 0 Å². The standard InChI is InChI=1S/C17H22N2O/c1-19(12-13-9-10-13)17(20)8-4-5-14-11-18-16-7-3-2-6-15(14)16/h2-3,6-7,11,13,18H,4-5,8-10,12H2,1H3. The number of fused-ring (bicyclic) bond motifs is 1. The molecule has 1 aliphatic carbocycles. The van der Waals surface area contributed by atoms with E-state index in [2.05, 4.69) is 29.4 Å². The Morgan fingerprint density at radius 2 is 2.15 bits per heavy atom. The lowest BCUT2D eigenvalue weighted by Gasteiger charge is -2.16. The molecule has 3 rings (SSSR count). The molecule has 0 aliphatic heterocycles. The lowest BCUT2D eigenvalue weighted by Crippen LogP contribution is -2.28. The second kappa shape index (κ2) is 5.70. The molecule has 0 radical (unpaired) electrons. The summed E-state index contributed by atoms with van der Waals surface area (Å²) in [7, 11) is 1.94. The second-order valence-corrected chi connectivity index (χ2v) is 5.93. The summed E-state index contributed by atoms with van der Waals surface area (Å²) in [6.07, 6.45) is 7.22. The molecule has 1 saturated carbocycles. The molecule has 1 aliphatic rings. The summed E-state index contributed by atoms with van der Waals surface area (Å²) in [5, 5.41) is 1.28. The van der Waals surface area contributed by atoms with Crippen molar-refractivity contribution in [2.24, 2.45) is 5.92 Å². The third-order valence-corrected chi connectivity index (χ3v) is 4.17. The van der Waals surface area contributed by atoms with Crippen molar-refractivity contribution in [3.05, 3.63) is 36.0 Å². The van der Waals surface area contributed by atoms with E-state index < -0.39 is 0 Å². The number of hydrogen-bond acceptors (Lipinski definition) is 1. The third kappa shape index (κ3) is 3.03. The van der Waals surface area contributed by atoms with Gasteiger partial charge in [0, 0.05) is 37.1 Å². The van der Waals surface area contributed by atoms with Crippen molar-refractivity contribution in [1.29, 1.82) is 0 Å². The molecular weight excluding hydrogens is 248 g/mol. The van der Waals surface area contributed by atoms with E-state index in [1.54, 1.807) is 0 Å². The van der Waals surface area contributed by atoms with Crippen molar-refractivity contribution >= 4 is 16.8 Å². The predicted molar refractivity (Wildman–Crippen MR) is 81.6 cm³/mol. The van der Waals surface area contributed by atoms with Crippen molar-refractivity contribution in [2.45, 2.75) is 32.1 Å². The Hall–Kier alpha value is -1.77. The summed E-state index contributed by atoms with van der Waals surface area (Å²) in [6.45, 7) is 0.950. The molecule has 0 unspecified atom stereocenters. The molecule has 0 spiro atoms. The van der Waals surface area contributed by atoms with E-state index in [1.807, 2.05) is 18.0 Å². The average Bonchev–Trinajstić information content (AvgIpc) is 3.18. The van der Waals surface area contributed by atoms with Crippen LogP contribution in [0.5, 0.6) is 0 Å². The maximum atomic E-state index is 12.0. The summed E-state index contributed by atoms with van der Waals surface area (Å²) >= 11 is 0. The fourth-order valence-electron chi connectivity index (χ4n) is 2.75. The van der Waals surface area contributed by atoms with Gasteiger partial charge in [0.25, 0.3) is 0 Å². The van der Waals surface area contributed by atoms with Gasteiger partial charge in [0.15, 0.2) is 0 Å². The molecule has 3 nitrogen and oxygen atoms in total. The van der Waals surface area contributed by atoms with Crippen LogP contribution < -0.4 is 0 Å². The third-order valence-electron chi connectivity index (χ3n) is 4.17. The molecular formula is C17H22N2O. The number of carbonyl (C=O) groups is 1. The molecule has 1 aromatic carbocycles. The van der Waals surface area contributed by atoms with Crippen molar-refractivity contribution in [1.82, 2.24) is 9.88 Å². The fraction of sp³-hybridized carbons (Fsp3) is 0.471. The van der Waals surface area contributed by atoms with Gasteiger partial charge in [-0.25, -0.2) is 0 Å². The van der Waals surface area contributed by atoms with Crippen LogP contribution in [0, 0.1) is 5.92 Å². The van der Waals surface area contributed by atoms with Gasteiger partial charge in [0.2, 0.25) is 5.91 Å². The lowest BCUT2D eigenvalue weighted by atomic mass is 10.1. The maximum Gasteiger partial charge on any atom is 0.222 e. The number of carbonyl (C=O) groups excluding carboxylic acids is 1. The van der Waals surface area contributed by atoms with E-state index in [1.165, 1.54) is 29.3 Å². The van der Waals surface area contributed by atoms with Gasteiger partial charge in [0.1, 0.15) is 0 Å². The van der Waals surface area contributed by atoms with Crippen molar-refractivity contribution < 1.29 is 4.79 Å². The molecule has 1 heterocycles. The number of rotatable bonds is 6. The molecule has 2 aromatic rings. The first-order valence-corrected chi connectivity index (χ1v) is 7.53. The van der Waals surface area contributed by atoms with Crippen LogP contribution in [0.3, 0.4) is 0 Å². The molecule has 0 saturated heterocycles. The quantitative estimate of drug-likeness (QED) is 0.858. The van der Waals surface area contributed by atoms with Gasteiger partial charge >= 0.3 is 0 Å². The van der Waals surface area contributed by atoms with E-state index in [-0.39, 0.29) is 5.91 Å². The topological polar surface area (TPSA) is 36.1 Å². The van der Waals surface area contributed by atoms with Gasteiger partial charge in [-0.05, 0) is 43.2 Å². The van der Waals surface area contributed by atoms with Gasteiger partial charge in [-0.2, -0.15) is 0 Å².